The molecule has 0 heterocycles. The highest BCUT2D eigenvalue weighted by Gasteiger charge is 2.30. The van der Waals surface area contributed by atoms with Crippen LogP contribution in [0.2, 0.25) is 0 Å². The van der Waals surface area contributed by atoms with Crippen LogP contribution in [0.1, 0.15) is 60.0 Å². The first kappa shape index (κ1) is 19.2. The van der Waals surface area contributed by atoms with E-state index in [0.717, 1.165) is 30.4 Å². The molecule has 0 unspecified atom stereocenters. The predicted molar refractivity (Wildman–Crippen MR) is 95.6 cm³/mol. The maximum atomic E-state index is 12.2. The summed E-state index contributed by atoms with van der Waals surface area (Å²) >= 11 is 0. The molecule has 0 spiro atoms. The average Bonchev–Trinajstić information content (AvgIpc) is 2.60. The Bertz CT molecular complexity index is 653. The zero-order valence-electron chi connectivity index (χ0n) is 15.0. The van der Waals surface area contributed by atoms with Crippen LogP contribution < -0.4 is 5.32 Å². The number of amides is 1. The van der Waals surface area contributed by atoms with Gasteiger partial charge in [0, 0.05) is 24.9 Å². The minimum Gasteiger partial charge on any atom is -0.481 e. The number of benzene rings is 1. The molecule has 0 radical (unpaired) electrons. The highest BCUT2D eigenvalue weighted by Crippen LogP contribution is 2.29. The normalized spacial score (nSPS) is 20.1. The van der Waals surface area contributed by atoms with Gasteiger partial charge in [-0.2, -0.15) is 0 Å². The summed E-state index contributed by atoms with van der Waals surface area (Å²) in [6, 6.07) is 5.56. The van der Waals surface area contributed by atoms with Gasteiger partial charge in [0.25, 0.3) is 0 Å². The summed E-state index contributed by atoms with van der Waals surface area (Å²) in [5.74, 6) is -1.38. The average molecular weight is 345 g/mol. The minimum absolute atomic E-state index is 0.00866. The van der Waals surface area contributed by atoms with Crippen molar-refractivity contribution in [2.24, 2.45) is 11.8 Å². The van der Waals surface area contributed by atoms with Crippen LogP contribution in [0.15, 0.2) is 18.2 Å². The monoisotopic (exact) mass is 345 g/mol. The second kappa shape index (κ2) is 8.79. The van der Waals surface area contributed by atoms with Crippen molar-refractivity contribution in [3.8, 4) is 0 Å². The van der Waals surface area contributed by atoms with Crippen LogP contribution in [0, 0.1) is 25.7 Å². The number of ketones is 1. The highest BCUT2D eigenvalue weighted by atomic mass is 16.4. The molecule has 2 N–H and O–H groups in total. The number of carboxylic acid groups (broad SMARTS) is 1. The van der Waals surface area contributed by atoms with Gasteiger partial charge in [0.1, 0.15) is 0 Å². The summed E-state index contributed by atoms with van der Waals surface area (Å²) in [7, 11) is 0. The largest absolute Gasteiger partial charge is 0.481 e. The third-order valence-corrected chi connectivity index (χ3v) is 5.20. The van der Waals surface area contributed by atoms with Crippen LogP contribution in [0.4, 0.5) is 0 Å². The van der Waals surface area contributed by atoms with E-state index in [4.69, 9.17) is 0 Å². The first-order valence-corrected chi connectivity index (χ1v) is 8.98. The van der Waals surface area contributed by atoms with Gasteiger partial charge in [-0.25, -0.2) is 0 Å². The highest BCUT2D eigenvalue weighted by molar-refractivity contribution is 5.98. The van der Waals surface area contributed by atoms with Crippen molar-refractivity contribution in [2.75, 3.05) is 6.54 Å². The summed E-state index contributed by atoms with van der Waals surface area (Å²) in [5, 5.41) is 12.1. The molecule has 25 heavy (non-hydrogen) atoms. The Hall–Kier alpha value is -2.17. The van der Waals surface area contributed by atoms with E-state index in [1.54, 1.807) is 6.07 Å². The predicted octanol–water partition coefficient (Wildman–Crippen LogP) is 3.27. The molecule has 0 aromatic heterocycles. The summed E-state index contributed by atoms with van der Waals surface area (Å²) < 4.78 is 0. The van der Waals surface area contributed by atoms with Crippen molar-refractivity contribution in [3.63, 3.8) is 0 Å². The van der Waals surface area contributed by atoms with E-state index in [-0.39, 0.29) is 36.4 Å². The number of rotatable bonds is 7. The zero-order valence-corrected chi connectivity index (χ0v) is 15.0. The van der Waals surface area contributed by atoms with E-state index in [0.29, 0.717) is 18.5 Å². The van der Waals surface area contributed by atoms with E-state index in [1.807, 2.05) is 26.0 Å². The Morgan fingerprint density at radius 2 is 1.80 bits per heavy atom. The van der Waals surface area contributed by atoms with Crippen molar-refractivity contribution in [1.29, 1.82) is 0 Å². The van der Waals surface area contributed by atoms with Crippen LogP contribution in [-0.2, 0) is 9.59 Å². The number of carboxylic acids is 1. The molecular formula is C20H27NO4. The first-order chi connectivity index (χ1) is 11.9. The number of nitrogens with one attached hydrogen (secondary N) is 1. The molecule has 0 aliphatic heterocycles. The molecule has 5 nitrogen and oxygen atoms in total. The first-order valence-electron chi connectivity index (χ1n) is 8.98. The number of aryl methyl sites for hydroxylation is 2. The van der Waals surface area contributed by atoms with Crippen LogP contribution in [-0.4, -0.2) is 29.3 Å². The zero-order chi connectivity index (χ0) is 18.4. The summed E-state index contributed by atoms with van der Waals surface area (Å²) in [6.07, 6.45) is 3.76. The van der Waals surface area contributed by atoms with Gasteiger partial charge in [0.2, 0.25) is 5.91 Å². The standard InChI is InChI=1S/C20H27NO4/c1-13-7-8-15(11-14(13)2)18(22)9-10-19(23)21-12-16-5-3-4-6-17(16)20(24)25/h7-8,11,16-17H,3-6,9-10,12H2,1-2H3,(H,21,23)(H,24,25)/t16-,17-/m0/s1. The topological polar surface area (TPSA) is 83.5 Å². The molecule has 5 heteroatoms. The Labute approximate surface area is 148 Å². The van der Waals surface area contributed by atoms with Gasteiger partial charge in [-0.15, -0.1) is 0 Å². The van der Waals surface area contributed by atoms with Gasteiger partial charge < -0.3 is 10.4 Å². The van der Waals surface area contributed by atoms with E-state index >= 15 is 0 Å². The molecule has 0 saturated heterocycles. The lowest BCUT2D eigenvalue weighted by molar-refractivity contribution is -0.145. The third kappa shape index (κ3) is 5.41. The van der Waals surface area contributed by atoms with Crippen molar-refractivity contribution < 1.29 is 19.5 Å². The molecular weight excluding hydrogens is 318 g/mol. The minimum atomic E-state index is -0.774. The number of carbonyl (C=O) groups is 3. The molecule has 1 fully saturated rings. The molecule has 1 aliphatic carbocycles. The van der Waals surface area contributed by atoms with Crippen molar-refractivity contribution in [3.05, 3.63) is 34.9 Å². The SMILES string of the molecule is Cc1ccc(C(=O)CCC(=O)NC[C@@H]2CCCC[C@@H]2C(=O)O)cc1C. The van der Waals surface area contributed by atoms with E-state index in [2.05, 4.69) is 5.32 Å². The number of hydrogen-bond acceptors (Lipinski definition) is 3. The maximum Gasteiger partial charge on any atom is 0.306 e. The molecule has 1 aromatic carbocycles. The number of Topliss-reactive ketones (excluding diaryl/α,β-unsaturated/α-hetero) is 1. The van der Waals surface area contributed by atoms with Crippen LogP contribution >= 0.6 is 0 Å². The lowest BCUT2D eigenvalue weighted by Crippen LogP contribution is -2.37. The fraction of sp³-hybridized carbons (Fsp3) is 0.550. The van der Waals surface area contributed by atoms with Gasteiger partial charge >= 0.3 is 5.97 Å². The smallest absolute Gasteiger partial charge is 0.306 e. The van der Waals surface area contributed by atoms with Gasteiger partial charge in [-0.05, 0) is 49.8 Å². The third-order valence-electron chi connectivity index (χ3n) is 5.20. The second-order valence-electron chi connectivity index (χ2n) is 7.02. The van der Waals surface area contributed by atoms with Gasteiger partial charge in [0.15, 0.2) is 5.78 Å². The van der Waals surface area contributed by atoms with E-state index in [9.17, 15) is 19.5 Å². The van der Waals surface area contributed by atoms with E-state index < -0.39 is 5.97 Å². The fourth-order valence-corrected chi connectivity index (χ4v) is 3.40. The van der Waals surface area contributed by atoms with Crippen LogP contribution in [0.5, 0.6) is 0 Å². The Morgan fingerprint density at radius 1 is 1.08 bits per heavy atom. The van der Waals surface area contributed by atoms with Gasteiger partial charge in [0.05, 0.1) is 5.92 Å². The molecule has 2 atom stereocenters. The quantitative estimate of drug-likeness (QED) is 0.743. The second-order valence-corrected chi connectivity index (χ2v) is 7.02. The molecule has 2 rings (SSSR count). The Morgan fingerprint density at radius 3 is 2.48 bits per heavy atom. The van der Waals surface area contributed by atoms with Gasteiger partial charge in [-0.3, -0.25) is 14.4 Å². The summed E-state index contributed by atoms with van der Waals surface area (Å²) in [5.41, 5.74) is 2.83. The lowest BCUT2D eigenvalue weighted by atomic mass is 9.79. The van der Waals surface area contributed by atoms with Gasteiger partial charge in [-0.1, -0.05) is 25.0 Å². The molecule has 136 valence electrons. The number of hydrogen-bond donors (Lipinski definition) is 2. The summed E-state index contributed by atoms with van der Waals surface area (Å²) in [4.78, 5) is 35.5. The molecule has 0 bridgehead atoms. The molecule has 1 amide bonds. The maximum absolute atomic E-state index is 12.2. The van der Waals surface area contributed by atoms with Crippen molar-refractivity contribution in [1.82, 2.24) is 5.32 Å². The van der Waals surface area contributed by atoms with Crippen molar-refractivity contribution >= 4 is 17.7 Å². The van der Waals surface area contributed by atoms with Crippen LogP contribution in [0.3, 0.4) is 0 Å². The van der Waals surface area contributed by atoms with E-state index in [1.165, 1.54) is 0 Å². The van der Waals surface area contributed by atoms with Crippen LogP contribution in [0.25, 0.3) is 0 Å². The fourth-order valence-electron chi connectivity index (χ4n) is 3.40. The molecule has 1 aromatic rings. The number of aliphatic carboxylic acids is 1. The molecule has 1 saturated carbocycles. The lowest BCUT2D eigenvalue weighted by Gasteiger charge is -2.28. The van der Waals surface area contributed by atoms with Crippen molar-refractivity contribution in [2.45, 2.75) is 52.4 Å². The Kier molecular flexibility index (Phi) is 6.73. The molecule has 1 aliphatic rings. The number of carbonyl (C=O) groups excluding carboxylic acids is 2. The Balaban J connectivity index is 1.79. The summed E-state index contributed by atoms with van der Waals surface area (Å²) in [6.45, 7) is 4.34.